The van der Waals surface area contributed by atoms with E-state index in [1.54, 1.807) is 0 Å². The van der Waals surface area contributed by atoms with Crippen molar-refractivity contribution in [3.8, 4) is 0 Å². The Morgan fingerprint density at radius 1 is 1.04 bits per heavy atom. The second-order valence-corrected chi connectivity index (χ2v) is 8.85. The van der Waals surface area contributed by atoms with Crippen molar-refractivity contribution in [3.05, 3.63) is 23.4 Å². The maximum absolute atomic E-state index is 12.4. The van der Waals surface area contributed by atoms with Gasteiger partial charge < -0.3 is 6.92 Å². The summed E-state index contributed by atoms with van der Waals surface area (Å²) in [6.45, 7) is 2.63. The first kappa shape index (κ1) is 29.6. The van der Waals surface area contributed by atoms with E-state index in [1.807, 2.05) is 0 Å². The summed E-state index contributed by atoms with van der Waals surface area (Å²) in [6.07, 6.45) is -11.4. The standard InChI is InChI=1S/C9H7ClF6NO2S2.Na.H2O4S/c1-4(7(8(11,12)13)9(14,15)16)17-21(18,19)6-3-2-5(10)20-6;;1-5(2,3)4/h2-4,7,17H,1H2;;(H2,1,2,3,4)/q-1;+1;. The van der Waals surface area contributed by atoms with Gasteiger partial charge in [-0.2, -0.15) is 34.8 Å². The van der Waals surface area contributed by atoms with Crippen molar-refractivity contribution in [2.45, 2.75) is 22.6 Å². The molecular formula is C9H9ClF6NNaO6S3. The molecule has 154 valence electrons. The molecule has 1 unspecified atom stereocenters. The van der Waals surface area contributed by atoms with E-state index in [4.69, 9.17) is 29.1 Å². The van der Waals surface area contributed by atoms with Crippen LogP contribution >= 0.6 is 22.9 Å². The second kappa shape index (κ2) is 10.4. The van der Waals surface area contributed by atoms with Crippen molar-refractivity contribution >= 4 is 43.4 Å². The van der Waals surface area contributed by atoms with Crippen LogP contribution in [0.4, 0.5) is 26.3 Å². The summed E-state index contributed by atoms with van der Waals surface area (Å²) >= 11 is 5.95. The van der Waals surface area contributed by atoms with Gasteiger partial charge in [0.15, 0.2) is 0 Å². The molecule has 0 amide bonds. The zero-order valence-electron chi connectivity index (χ0n) is 12.9. The molecule has 18 heteroatoms. The van der Waals surface area contributed by atoms with E-state index >= 15 is 0 Å². The van der Waals surface area contributed by atoms with E-state index in [0.29, 0.717) is 11.3 Å². The van der Waals surface area contributed by atoms with Gasteiger partial charge in [0.05, 0.1) is 4.34 Å². The van der Waals surface area contributed by atoms with Crippen LogP contribution in [-0.4, -0.2) is 44.3 Å². The van der Waals surface area contributed by atoms with Crippen LogP contribution in [0.5, 0.6) is 0 Å². The Kier molecular flexibility index (Phi) is 11.4. The molecule has 7 nitrogen and oxygen atoms in total. The van der Waals surface area contributed by atoms with Gasteiger partial charge in [-0.1, -0.05) is 17.6 Å². The molecule has 0 aromatic carbocycles. The van der Waals surface area contributed by atoms with Crippen molar-refractivity contribution in [2.24, 2.45) is 5.92 Å². The fraction of sp³-hybridized carbons (Fsp3) is 0.444. The molecule has 1 rings (SSSR count). The molecule has 0 aliphatic carbocycles. The third kappa shape index (κ3) is 11.8. The smallest absolute Gasteiger partial charge is 0.325 e. The predicted octanol–water partition coefficient (Wildman–Crippen LogP) is -0.0255. The van der Waals surface area contributed by atoms with Gasteiger partial charge >= 0.3 is 52.3 Å². The van der Waals surface area contributed by atoms with Crippen molar-refractivity contribution in [2.75, 3.05) is 0 Å². The minimum absolute atomic E-state index is 0. The van der Waals surface area contributed by atoms with Gasteiger partial charge in [0.2, 0.25) is 10.0 Å². The second-order valence-electron chi connectivity index (χ2n) is 4.30. The Labute approximate surface area is 181 Å². The molecule has 27 heavy (non-hydrogen) atoms. The first-order valence-corrected chi connectivity index (χ1v) is 9.76. The minimum atomic E-state index is -5.69. The average Bonchev–Trinajstić information content (AvgIpc) is 2.68. The summed E-state index contributed by atoms with van der Waals surface area (Å²) in [5.74, 6) is -3.92. The van der Waals surface area contributed by atoms with Crippen LogP contribution in [0.15, 0.2) is 16.3 Å². The van der Waals surface area contributed by atoms with E-state index in [2.05, 4.69) is 6.92 Å². The SMILES string of the molecule is O=S(=O)(O)O.[CH2-]C(NS(=O)(=O)c1ccc(Cl)s1)C(C(F)(F)F)C(F)(F)F.[Na+]. The van der Waals surface area contributed by atoms with Gasteiger partial charge in [0.1, 0.15) is 10.1 Å². The Morgan fingerprint density at radius 2 is 1.41 bits per heavy atom. The van der Waals surface area contributed by atoms with Gasteiger partial charge in [-0.3, -0.25) is 9.11 Å². The first-order valence-electron chi connectivity index (χ1n) is 5.69. The summed E-state index contributed by atoms with van der Waals surface area (Å²) in [4.78, 5) is 0. The number of hydrogen-bond acceptors (Lipinski definition) is 5. The van der Waals surface area contributed by atoms with Crippen molar-refractivity contribution < 1.29 is 81.8 Å². The molecule has 0 aliphatic heterocycles. The van der Waals surface area contributed by atoms with E-state index in [1.165, 1.54) is 4.72 Å². The van der Waals surface area contributed by atoms with Gasteiger partial charge in [-0.15, -0.1) is 11.3 Å². The molecule has 0 saturated heterocycles. The average molecular weight is 496 g/mol. The van der Waals surface area contributed by atoms with Crippen LogP contribution in [0, 0.1) is 12.8 Å². The molecule has 1 atom stereocenters. The number of halogens is 7. The number of nitrogens with one attached hydrogen (secondary N) is 1. The Morgan fingerprint density at radius 3 is 1.67 bits per heavy atom. The maximum atomic E-state index is 12.4. The summed E-state index contributed by atoms with van der Waals surface area (Å²) in [5.41, 5.74) is 0. The zero-order chi connectivity index (χ0) is 21.1. The van der Waals surface area contributed by atoms with Crippen molar-refractivity contribution in [1.29, 1.82) is 0 Å². The molecule has 0 aliphatic rings. The third-order valence-corrected chi connectivity index (χ3v) is 5.44. The van der Waals surface area contributed by atoms with Gasteiger partial charge in [-0.25, -0.2) is 13.1 Å². The largest absolute Gasteiger partial charge is 1.00 e. The van der Waals surface area contributed by atoms with Gasteiger partial charge in [-0.05, 0) is 12.1 Å². The molecule has 0 radical (unpaired) electrons. The molecule has 1 aromatic heterocycles. The normalized spacial score (nSPS) is 14.2. The summed E-state index contributed by atoms with van der Waals surface area (Å²) < 4.78 is 130. The molecule has 3 N–H and O–H groups in total. The molecule has 0 fully saturated rings. The van der Waals surface area contributed by atoms with Crippen LogP contribution in [0.3, 0.4) is 0 Å². The van der Waals surface area contributed by atoms with Gasteiger partial charge in [0, 0.05) is 0 Å². The van der Waals surface area contributed by atoms with Crippen molar-refractivity contribution in [3.63, 3.8) is 0 Å². The van der Waals surface area contributed by atoms with Crippen LogP contribution in [0.2, 0.25) is 4.34 Å². The maximum Gasteiger partial charge on any atom is 1.00 e. The van der Waals surface area contributed by atoms with Gasteiger partial charge in [0.25, 0.3) is 0 Å². The third-order valence-electron chi connectivity index (χ3n) is 2.23. The predicted molar refractivity (Wildman–Crippen MR) is 78.6 cm³/mol. The van der Waals surface area contributed by atoms with E-state index in [-0.39, 0.29) is 33.9 Å². The first-order chi connectivity index (χ1) is 11.2. The Balaban J connectivity index is 0. The topological polar surface area (TPSA) is 121 Å². The Bertz CT molecular complexity index is 787. The quantitative estimate of drug-likeness (QED) is 0.234. The monoisotopic (exact) mass is 495 g/mol. The summed E-state index contributed by atoms with van der Waals surface area (Å²) in [7, 11) is -9.25. The van der Waals surface area contributed by atoms with Crippen LogP contribution in [0.25, 0.3) is 0 Å². The molecule has 1 heterocycles. The van der Waals surface area contributed by atoms with E-state index < -0.39 is 48.9 Å². The molecular weight excluding hydrogens is 487 g/mol. The minimum Gasteiger partial charge on any atom is -0.325 e. The van der Waals surface area contributed by atoms with Crippen LogP contribution < -0.4 is 34.3 Å². The number of rotatable bonds is 4. The number of alkyl halides is 6. The molecule has 1 aromatic rings. The number of thiophene rings is 1. The molecule has 0 saturated carbocycles. The van der Waals surface area contributed by atoms with E-state index in [9.17, 15) is 34.8 Å². The zero-order valence-corrected chi connectivity index (χ0v) is 18.1. The van der Waals surface area contributed by atoms with Crippen molar-refractivity contribution in [1.82, 2.24) is 4.72 Å². The van der Waals surface area contributed by atoms with Crippen LogP contribution in [0.1, 0.15) is 0 Å². The fourth-order valence-corrected chi connectivity index (χ4v) is 4.07. The summed E-state index contributed by atoms with van der Waals surface area (Å²) in [6, 6.07) is -0.571. The van der Waals surface area contributed by atoms with Crippen LogP contribution in [-0.2, 0) is 20.4 Å². The summed E-state index contributed by atoms with van der Waals surface area (Å²) in [5, 5.41) is 0. The number of hydrogen-bond donors (Lipinski definition) is 3. The fourth-order valence-electron chi connectivity index (χ4n) is 1.41. The number of sulfonamides is 1. The van der Waals surface area contributed by atoms with E-state index in [0.717, 1.165) is 12.1 Å². The molecule has 0 bridgehead atoms. The Hall–Kier alpha value is 0.350. The molecule has 0 spiro atoms.